The Balaban J connectivity index is 2.31. The van der Waals surface area contributed by atoms with Gasteiger partial charge in [0.05, 0.1) is 0 Å². The average Bonchev–Trinajstić information content (AvgIpc) is 2.80. The van der Waals surface area contributed by atoms with Gasteiger partial charge >= 0.3 is 0 Å². The highest BCUT2D eigenvalue weighted by Gasteiger charge is 2.08. The lowest BCUT2D eigenvalue weighted by atomic mass is 10.1. The molecule has 2 aromatic carbocycles. The van der Waals surface area contributed by atoms with E-state index in [1.807, 2.05) is 0 Å². The fourth-order valence-electron chi connectivity index (χ4n) is 2.82. The van der Waals surface area contributed by atoms with E-state index in [9.17, 15) is 0 Å². The van der Waals surface area contributed by atoms with Gasteiger partial charge in [-0.1, -0.05) is 51.8 Å². The van der Waals surface area contributed by atoms with E-state index in [2.05, 4.69) is 82.9 Å². The molecule has 1 aromatic heterocycles. The number of halogens is 1. The van der Waals surface area contributed by atoms with Crippen LogP contribution >= 0.6 is 15.9 Å². The van der Waals surface area contributed by atoms with Crippen LogP contribution in [0.25, 0.3) is 27.9 Å². The molecule has 1 heterocycles. The molecule has 0 aliphatic heterocycles. The number of nitrogens with zero attached hydrogens (tertiary/aromatic N) is 1. The molecule has 1 nitrogen and oxygen atoms in total. The summed E-state index contributed by atoms with van der Waals surface area (Å²) in [6.07, 6.45) is 2.24. The van der Waals surface area contributed by atoms with Gasteiger partial charge in [0, 0.05) is 33.7 Å². The Hall–Kier alpha value is -1.54. The van der Waals surface area contributed by atoms with E-state index in [-0.39, 0.29) is 0 Å². The second kappa shape index (κ2) is 5.45. The number of aryl methyl sites for hydroxylation is 1. The maximum atomic E-state index is 3.50. The number of alkyl halides is 1. The van der Waals surface area contributed by atoms with Crippen LogP contribution in [-0.2, 0) is 6.54 Å². The number of hydrogen-bond acceptors (Lipinski definition) is 0. The van der Waals surface area contributed by atoms with Crippen molar-refractivity contribution in [3.8, 4) is 0 Å². The Morgan fingerprint density at radius 3 is 2.60 bits per heavy atom. The molecule has 0 radical (unpaired) electrons. The largest absolute Gasteiger partial charge is 0.341 e. The lowest BCUT2D eigenvalue weighted by Crippen LogP contribution is -1.92. The Morgan fingerprint density at radius 1 is 1.10 bits per heavy atom. The molecular weight excluding hydrogens is 310 g/mol. The van der Waals surface area contributed by atoms with Crippen LogP contribution in [0.15, 0.2) is 48.0 Å². The van der Waals surface area contributed by atoms with Crippen LogP contribution in [0.1, 0.15) is 19.4 Å². The van der Waals surface area contributed by atoms with Gasteiger partial charge in [-0.15, -0.1) is 0 Å². The monoisotopic (exact) mass is 327 g/mol. The number of hydrogen-bond donors (Lipinski definition) is 0. The van der Waals surface area contributed by atoms with Gasteiger partial charge in [-0.2, -0.15) is 0 Å². The molecule has 2 heteroatoms. The minimum absolute atomic E-state index is 0.918. The first-order chi connectivity index (χ1) is 9.74. The molecule has 0 bridgehead atoms. The molecule has 0 amide bonds. The highest BCUT2D eigenvalue weighted by Crippen LogP contribution is 2.30. The maximum Gasteiger partial charge on any atom is 0.0491 e. The zero-order valence-electron chi connectivity index (χ0n) is 11.9. The first-order valence-electron chi connectivity index (χ1n) is 6.98. The van der Waals surface area contributed by atoms with E-state index >= 15 is 0 Å². The van der Waals surface area contributed by atoms with E-state index in [4.69, 9.17) is 0 Å². The molecule has 0 saturated heterocycles. The number of aromatic nitrogens is 1. The summed E-state index contributed by atoms with van der Waals surface area (Å²) in [7, 11) is 0. The Labute approximate surface area is 128 Å². The molecule has 20 heavy (non-hydrogen) atoms. The highest BCUT2D eigenvalue weighted by molar-refractivity contribution is 9.09. The summed E-state index contributed by atoms with van der Waals surface area (Å²) in [5, 5.41) is 3.61. The molecule has 3 aromatic rings. The van der Waals surface area contributed by atoms with Crippen LogP contribution < -0.4 is 0 Å². The predicted octanol–water partition coefficient (Wildman–Crippen LogP) is 5.61. The summed E-state index contributed by atoms with van der Waals surface area (Å²) >= 11 is 3.50. The molecular formula is C18H18BrN. The Morgan fingerprint density at radius 2 is 1.85 bits per heavy atom. The smallest absolute Gasteiger partial charge is 0.0491 e. The second-order valence-corrected chi connectivity index (χ2v) is 5.72. The van der Waals surface area contributed by atoms with Crippen molar-refractivity contribution >= 4 is 43.8 Å². The molecule has 3 rings (SSSR count). The first-order valence-corrected chi connectivity index (χ1v) is 8.11. The van der Waals surface area contributed by atoms with Crippen molar-refractivity contribution < 1.29 is 0 Å². The van der Waals surface area contributed by atoms with Crippen molar-refractivity contribution in [1.82, 2.24) is 4.57 Å². The number of fused-ring (bicyclic) bond motifs is 3. The zero-order valence-corrected chi connectivity index (χ0v) is 13.4. The number of rotatable bonds is 3. The average molecular weight is 328 g/mol. The molecule has 0 unspecified atom stereocenters. The number of allylic oxidation sites excluding steroid dienone is 1. The van der Waals surface area contributed by atoms with E-state index in [1.54, 1.807) is 0 Å². The normalized spacial score (nSPS) is 12.4. The summed E-state index contributed by atoms with van der Waals surface area (Å²) in [6, 6.07) is 15.4. The third kappa shape index (κ3) is 2.18. The van der Waals surface area contributed by atoms with Crippen LogP contribution in [0.3, 0.4) is 0 Å². The Bertz CT molecular complexity index is 796. The Kier molecular flexibility index (Phi) is 3.66. The first kappa shape index (κ1) is 13.4. The van der Waals surface area contributed by atoms with Crippen LogP contribution in [0.5, 0.6) is 0 Å². The van der Waals surface area contributed by atoms with E-state index in [1.165, 1.54) is 32.9 Å². The van der Waals surface area contributed by atoms with Crippen molar-refractivity contribution in [2.75, 3.05) is 5.33 Å². The molecule has 0 N–H and O–H groups in total. The van der Waals surface area contributed by atoms with Crippen LogP contribution in [-0.4, -0.2) is 9.90 Å². The topological polar surface area (TPSA) is 4.93 Å². The second-order valence-electron chi connectivity index (χ2n) is 5.16. The van der Waals surface area contributed by atoms with Crippen molar-refractivity contribution in [1.29, 1.82) is 0 Å². The van der Waals surface area contributed by atoms with E-state index < -0.39 is 0 Å². The van der Waals surface area contributed by atoms with Crippen LogP contribution in [0.2, 0.25) is 0 Å². The fraction of sp³-hybridized carbons (Fsp3) is 0.222. The summed E-state index contributed by atoms with van der Waals surface area (Å²) in [6.45, 7) is 5.35. The van der Waals surface area contributed by atoms with Crippen molar-refractivity contribution in [3.05, 3.63) is 53.6 Å². The SMILES string of the molecule is CCn1c2ccccc2c2cc(C=C(C)CBr)ccc21. The number of benzene rings is 2. The van der Waals surface area contributed by atoms with Gasteiger partial charge in [0.25, 0.3) is 0 Å². The molecule has 0 aliphatic carbocycles. The van der Waals surface area contributed by atoms with E-state index in [0.717, 1.165) is 11.9 Å². The van der Waals surface area contributed by atoms with Crippen molar-refractivity contribution in [3.63, 3.8) is 0 Å². The van der Waals surface area contributed by atoms with Crippen molar-refractivity contribution in [2.24, 2.45) is 0 Å². The summed E-state index contributed by atoms with van der Waals surface area (Å²) in [5.74, 6) is 0. The summed E-state index contributed by atoms with van der Waals surface area (Å²) in [5.41, 5.74) is 5.25. The highest BCUT2D eigenvalue weighted by atomic mass is 79.9. The van der Waals surface area contributed by atoms with Gasteiger partial charge in [0.1, 0.15) is 0 Å². The van der Waals surface area contributed by atoms with Gasteiger partial charge in [-0.3, -0.25) is 0 Å². The molecule has 102 valence electrons. The molecule has 0 saturated carbocycles. The fourth-order valence-corrected chi connectivity index (χ4v) is 2.99. The van der Waals surface area contributed by atoms with Gasteiger partial charge < -0.3 is 4.57 Å². The van der Waals surface area contributed by atoms with Crippen molar-refractivity contribution in [2.45, 2.75) is 20.4 Å². The molecule has 0 fully saturated rings. The van der Waals surface area contributed by atoms with Gasteiger partial charge in [-0.05, 0) is 37.6 Å². The quantitative estimate of drug-likeness (QED) is 0.551. The number of para-hydroxylation sites is 1. The predicted molar refractivity (Wildman–Crippen MR) is 92.6 cm³/mol. The van der Waals surface area contributed by atoms with Crippen LogP contribution in [0.4, 0.5) is 0 Å². The molecule has 0 atom stereocenters. The van der Waals surface area contributed by atoms with Gasteiger partial charge in [0.2, 0.25) is 0 Å². The minimum Gasteiger partial charge on any atom is -0.341 e. The summed E-state index contributed by atoms with van der Waals surface area (Å²) in [4.78, 5) is 0. The lowest BCUT2D eigenvalue weighted by Gasteiger charge is -2.03. The maximum absolute atomic E-state index is 3.50. The van der Waals surface area contributed by atoms with Gasteiger partial charge in [0.15, 0.2) is 0 Å². The third-order valence-electron chi connectivity index (χ3n) is 3.74. The minimum atomic E-state index is 0.918. The van der Waals surface area contributed by atoms with Crippen LogP contribution in [0, 0.1) is 0 Å². The molecule has 0 spiro atoms. The molecule has 0 aliphatic rings. The van der Waals surface area contributed by atoms with Gasteiger partial charge in [-0.25, -0.2) is 0 Å². The lowest BCUT2D eigenvalue weighted by molar-refractivity contribution is 0.827. The zero-order chi connectivity index (χ0) is 14.1. The third-order valence-corrected chi connectivity index (χ3v) is 4.62. The standard InChI is InChI=1S/C18H18BrN/c1-3-20-17-7-5-4-6-15(17)16-11-14(8-9-18(16)20)10-13(2)12-19/h4-11H,3,12H2,1-2H3. The van der Waals surface area contributed by atoms with E-state index in [0.29, 0.717) is 0 Å². The summed E-state index contributed by atoms with van der Waals surface area (Å²) < 4.78 is 2.38.